The summed E-state index contributed by atoms with van der Waals surface area (Å²) in [4.78, 5) is 32.4. The average molecular weight is 544 g/mol. The van der Waals surface area contributed by atoms with Gasteiger partial charge < -0.3 is 19.9 Å². The lowest BCUT2D eigenvalue weighted by molar-refractivity contribution is -0.124. The number of rotatable bonds is 5. The molecule has 212 valence electrons. The number of imidazole rings is 1. The van der Waals surface area contributed by atoms with Crippen LogP contribution in [0.5, 0.6) is 0 Å². The normalized spacial score (nSPS) is 19.3. The predicted octanol–water partition coefficient (Wildman–Crippen LogP) is 5.57. The number of aliphatic hydroxyl groups excluding tert-OH is 1. The Labute approximate surface area is 228 Å². The number of nitrogens with one attached hydrogen (secondary N) is 2. The number of carbonyl (C=O) groups is 2. The number of carbonyl (C=O) groups excluding carboxylic acids is 2. The molecule has 2 amide bonds. The zero-order chi connectivity index (χ0) is 28.5. The van der Waals surface area contributed by atoms with E-state index in [9.17, 15) is 23.5 Å². The maximum atomic E-state index is 13.7. The van der Waals surface area contributed by atoms with E-state index in [0.717, 1.165) is 11.3 Å². The summed E-state index contributed by atoms with van der Waals surface area (Å²) in [5.74, 6) is -2.46. The molecule has 3 N–H and O–H groups in total. The summed E-state index contributed by atoms with van der Waals surface area (Å²) in [5, 5.41) is 19.5. The van der Waals surface area contributed by atoms with Gasteiger partial charge in [0.1, 0.15) is 11.7 Å². The number of alkyl halides is 2. The second-order valence-electron chi connectivity index (χ2n) is 12.1. The van der Waals surface area contributed by atoms with Crippen molar-refractivity contribution in [2.45, 2.75) is 84.1 Å². The van der Waals surface area contributed by atoms with Crippen LogP contribution in [0.3, 0.4) is 0 Å². The van der Waals surface area contributed by atoms with E-state index in [1.54, 1.807) is 11.0 Å². The van der Waals surface area contributed by atoms with Gasteiger partial charge in [0.2, 0.25) is 11.8 Å². The second-order valence-corrected chi connectivity index (χ2v) is 12.1. The first-order valence-corrected chi connectivity index (χ1v) is 13.7. The van der Waals surface area contributed by atoms with Crippen LogP contribution in [-0.4, -0.2) is 56.2 Å². The summed E-state index contributed by atoms with van der Waals surface area (Å²) in [6, 6.07) is 5.51. The van der Waals surface area contributed by atoms with Crippen LogP contribution in [0.4, 0.5) is 8.78 Å². The van der Waals surface area contributed by atoms with Crippen molar-refractivity contribution in [3.05, 3.63) is 41.4 Å². The highest BCUT2D eigenvalue weighted by Crippen LogP contribution is 2.38. The summed E-state index contributed by atoms with van der Waals surface area (Å²) >= 11 is 0. The fourth-order valence-electron chi connectivity index (χ4n) is 5.57. The zero-order valence-corrected chi connectivity index (χ0v) is 23.2. The molecule has 1 saturated carbocycles. The number of benzene rings is 1. The topological polar surface area (TPSA) is 111 Å². The van der Waals surface area contributed by atoms with Gasteiger partial charge in [-0.1, -0.05) is 20.8 Å². The summed E-state index contributed by atoms with van der Waals surface area (Å²) in [6.45, 7) is 9.14. The lowest BCUT2D eigenvalue weighted by atomic mass is 9.86. The molecule has 39 heavy (non-hydrogen) atoms. The number of hydrogen-bond acceptors (Lipinski definition) is 5. The van der Waals surface area contributed by atoms with Crippen molar-refractivity contribution >= 4 is 28.7 Å². The van der Waals surface area contributed by atoms with Crippen LogP contribution in [0.1, 0.15) is 82.4 Å². The SMILES string of the molecule is C/C(O)=C/C(=N)NC(=O)C1CCN(C(=O)c2ccc3c(c2)nc(C(C)(C)C)n3CC2CCC(F)(F)CC2)CC1. The molecule has 8 nitrogen and oxygen atoms in total. The number of allylic oxidation sites excluding steroid dienone is 1. The van der Waals surface area contributed by atoms with E-state index in [0.29, 0.717) is 56.4 Å². The maximum absolute atomic E-state index is 13.7. The molecule has 0 radical (unpaired) electrons. The van der Waals surface area contributed by atoms with Crippen LogP contribution in [0, 0.1) is 17.2 Å². The van der Waals surface area contributed by atoms with Crippen molar-refractivity contribution in [2.24, 2.45) is 11.8 Å². The molecule has 2 aliphatic rings. The Hall–Kier alpha value is -3.30. The largest absolute Gasteiger partial charge is 0.512 e. The second kappa shape index (κ2) is 11.1. The maximum Gasteiger partial charge on any atom is 0.253 e. The number of nitrogens with zero attached hydrogens (tertiary/aromatic N) is 3. The van der Waals surface area contributed by atoms with Gasteiger partial charge in [-0.2, -0.15) is 0 Å². The number of hydrogen-bond donors (Lipinski definition) is 3. The quantitative estimate of drug-likeness (QED) is 0.260. The summed E-state index contributed by atoms with van der Waals surface area (Å²) in [7, 11) is 0. The van der Waals surface area contributed by atoms with Gasteiger partial charge in [0.25, 0.3) is 5.91 Å². The number of aliphatic hydroxyl groups is 1. The van der Waals surface area contributed by atoms with E-state index in [-0.39, 0.29) is 53.5 Å². The minimum absolute atomic E-state index is 0.0595. The Balaban J connectivity index is 1.46. The smallest absolute Gasteiger partial charge is 0.253 e. The Morgan fingerprint density at radius 3 is 2.41 bits per heavy atom. The molecular formula is C29H39F2N5O3. The van der Waals surface area contributed by atoms with E-state index >= 15 is 0 Å². The van der Waals surface area contributed by atoms with E-state index in [4.69, 9.17) is 10.4 Å². The Morgan fingerprint density at radius 1 is 1.18 bits per heavy atom. The highest BCUT2D eigenvalue weighted by atomic mass is 19.3. The van der Waals surface area contributed by atoms with E-state index < -0.39 is 5.92 Å². The fourth-order valence-corrected chi connectivity index (χ4v) is 5.57. The zero-order valence-electron chi connectivity index (χ0n) is 23.2. The monoisotopic (exact) mass is 543 g/mol. The number of halogens is 2. The van der Waals surface area contributed by atoms with E-state index in [2.05, 4.69) is 30.7 Å². The third kappa shape index (κ3) is 6.83. The lowest BCUT2D eigenvalue weighted by Gasteiger charge is -2.31. The average Bonchev–Trinajstić information content (AvgIpc) is 3.22. The molecule has 1 aliphatic heterocycles. The molecule has 0 atom stereocenters. The number of piperidine rings is 1. The minimum atomic E-state index is -2.56. The standard InChI is InChI=1S/C29H39F2N5O3/c1-18(37)15-24(32)34-25(38)20-9-13-35(14-10-20)26(39)21-5-6-23-22(16-21)33-27(28(2,3)4)36(23)17-19-7-11-29(30,31)12-8-19/h5-6,15-16,19-20,37H,7-14,17H2,1-4H3,(H2,32,34,38)/b18-15-. The molecule has 1 aromatic carbocycles. The van der Waals surface area contributed by atoms with E-state index in [1.807, 2.05) is 12.1 Å². The van der Waals surface area contributed by atoms with Crippen molar-refractivity contribution in [3.63, 3.8) is 0 Å². The number of amidine groups is 1. The van der Waals surface area contributed by atoms with Gasteiger partial charge in [0.05, 0.1) is 16.8 Å². The first-order chi connectivity index (χ1) is 18.2. The van der Waals surface area contributed by atoms with Crippen molar-refractivity contribution in [3.8, 4) is 0 Å². The predicted molar refractivity (Wildman–Crippen MR) is 146 cm³/mol. The van der Waals surface area contributed by atoms with Crippen LogP contribution >= 0.6 is 0 Å². The number of aromatic nitrogens is 2. The van der Waals surface area contributed by atoms with Crippen LogP contribution < -0.4 is 5.32 Å². The lowest BCUT2D eigenvalue weighted by Crippen LogP contribution is -2.44. The highest BCUT2D eigenvalue weighted by Gasteiger charge is 2.36. The van der Waals surface area contributed by atoms with Crippen LogP contribution in [0.2, 0.25) is 0 Å². The molecule has 4 rings (SSSR count). The number of fused-ring (bicyclic) bond motifs is 1. The van der Waals surface area contributed by atoms with Crippen molar-refractivity contribution < 1.29 is 23.5 Å². The van der Waals surface area contributed by atoms with Crippen LogP contribution in [0.25, 0.3) is 11.0 Å². The third-order valence-corrected chi connectivity index (χ3v) is 7.71. The van der Waals surface area contributed by atoms with Gasteiger partial charge >= 0.3 is 0 Å². The molecule has 0 spiro atoms. The highest BCUT2D eigenvalue weighted by molar-refractivity contribution is 6.03. The van der Waals surface area contributed by atoms with Crippen molar-refractivity contribution in [2.75, 3.05) is 13.1 Å². The molecule has 0 unspecified atom stereocenters. The molecule has 2 fully saturated rings. The summed E-state index contributed by atoms with van der Waals surface area (Å²) in [5.41, 5.74) is 1.88. The molecule has 1 aromatic heterocycles. The fraction of sp³-hybridized carbons (Fsp3) is 0.586. The molecule has 1 saturated heterocycles. The van der Waals surface area contributed by atoms with Crippen molar-refractivity contribution in [1.29, 1.82) is 5.41 Å². The Kier molecular flexibility index (Phi) is 8.14. The third-order valence-electron chi connectivity index (χ3n) is 7.71. The number of amides is 2. The van der Waals surface area contributed by atoms with Gasteiger partial charge in [-0.15, -0.1) is 0 Å². The molecule has 2 aromatic rings. The van der Waals surface area contributed by atoms with Gasteiger partial charge in [0.15, 0.2) is 0 Å². The minimum Gasteiger partial charge on any atom is -0.512 e. The first-order valence-electron chi connectivity index (χ1n) is 13.7. The summed E-state index contributed by atoms with van der Waals surface area (Å²) < 4.78 is 29.6. The molecule has 0 bridgehead atoms. The summed E-state index contributed by atoms with van der Waals surface area (Å²) in [6.07, 6.45) is 2.96. The molecular weight excluding hydrogens is 504 g/mol. The molecule has 2 heterocycles. The molecule has 1 aliphatic carbocycles. The first kappa shape index (κ1) is 28.7. The van der Waals surface area contributed by atoms with Gasteiger partial charge in [0, 0.05) is 55.4 Å². The van der Waals surface area contributed by atoms with Crippen LogP contribution in [0.15, 0.2) is 30.0 Å². The molecule has 10 heteroatoms. The van der Waals surface area contributed by atoms with Gasteiger partial charge in [-0.3, -0.25) is 15.0 Å². The Bertz CT molecular complexity index is 1270. The van der Waals surface area contributed by atoms with E-state index in [1.165, 1.54) is 13.0 Å². The van der Waals surface area contributed by atoms with Crippen molar-refractivity contribution in [1.82, 2.24) is 19.8 Å². The van der Waals surface area contributed by atoms with Crippen LogP contribution in [-0.2, 0) is 16.8 Å². The van der Waals surface area contributed by atoms with Gasteiger partial charge in [-0.25, -0.2) is 13.8 Å². The number of likely N-dealkylation sites (tertiary alicyclic amines) is 1. The Morgan fingerprint density at radius 2 is 1.82 bits per heavy atom. The van der Waals surface area contributed by atoms with Gasteiger partial charge in [-0.05, 0) is 56.7 Å².